The van der Waals surface area contributed by atoms with Gasteiger partial charge in [-0.05, 0) is 85.6 Å². The van der Waals surface area contributed by atoms with Crippen molar-refractivity contribution in [2.45, 2.75) is 13.8 Å². The second-order valence-electron chi connectivity index (χ2n) is 8.26. The summed E-state index contributed by atoms with van der Waals surface area (Å²) in [6, 6.07) is 21.7. The third-order valence-corrected chi connectivity index (χ3v) is 7.60. The molecule has 1 aromatic heterocycles. The number of carbonyl (C=O) groups excluding carboxylic acids is 1. The third kappa shape index (κ3) is 3.66. The fourth-order valence-electron chi connectivity index (χ4n) is 4.47. The number of benzene rings is 3. The van der Waals surface area contributed by atoms with Crippen LogP contribution in [0.4, 0.5) is 5.69 Å². The number of carbonyl (C=O) groups is 1. The highest BCUT2D eigenvalue weighted by molar-refractivity contribution is 9.10. The predicted molar refractivity (Wildman–Crippen MR) is 148 cm³/mol. The van der Waals surface area contributed by atoms with Crippen molar-refractivity contribution in [1.82, 2.24) is 9.47 Å². The number of fused-ring (bicyclic) bond motifs is 1. The van der Waals surface area contributed by atoms with E-state index < -0.39 is 0 Å². The van der Waals surface area contributed by atoms with Crippen LogP contribution in [0.15, 0.2) is 76.9 Å². The second-order valence-corrected chi connectivity index (χ2v) is 9.92. The van der Waals surface area contributed by atoms with E-state index in [1.54, 1.807) is 34.1 Å². The average molecular weight is 551 g/mol. The smallest absolute Gasteiger partial charge is 0.281 e. The summed E-state index contributed by atoms with van der Waals surface area (Å²) < 4.78 is 3.29. The van der Waals surface area contributed by atoms with Gasteiger partial charge in [-0.25, -0.2) is 0 Å². The number of aryl methyl sites for hydroxylation is 1. The van der Waals surface area contributed by atoms with Crippen molar-refractivity contribution < 1.29 is 4.79 Å². The summed E-state index contributed by atoms with van der Waals surface area (Å²) in [4.78, 5) is 16.7. The molecule has 1 fully saturated rings. The number of likely N-dealkylation sites (N-methyl/N-ethyl adjacent to an activating group) is 1. The molecule has 1 aliphatic rings. The van der Waals surface area contributed by atoms with Gasteiger partial charge in [0.25, 0.3) is 5.91 Å². The van der Waals surface area contributed by atoms with Crippen LogP contribution in [-0.4, -0.2) is 27.5 Å². The maximum absolute atomic E-state index is 13.4. The molecule has 0 unspecified atom stereocenters. The van der Waals surface area contributed by atoms with Crippen LogP contribution >= 0.6 is 39.7 Å². The maximum atomic E-state index is 13.4. The van der Waals surface area contributed by atoms with E-state index in [1.165, 1.54) is 0 Å². The van der Waals surface area contributed by atoms with Crippen LogP contribution in [0.3, 0.4) is 0 Å². The van der Waals surface area contributed by atoms with Crippen molar-refractivity contribution in [3.05, 3.63) is 98.9 Å². The molecule has 7 heteroatoms. The predicted octanol–water partition coefficient (Wildman–Crippen LogP) is 7.27. The molecular formula is C27H21BrClN3OS. The van der Waals surface area contributed by atoms with E-state index in [4.69, 9.17) is 23.8 Å². The van der Waals surface area contributed by atoms with E-state index in [1.807, 2.05) is 25.3 Å². The van der Waals surface area contributed by atoms with E-state index in [9.17, 15) is 4.79 Å². The zero-order valence-electron chi connectivity index (χ0n) is 18.8. The highest BCUT2D eigenvalue weighted by Crippen LogP contribution is 2.34. The number of amides is 1. The lowest BCUT2D eigenvalue weighted by atomic mass is 10.1. The fraction of sp³-hybridized carbons (Fsp3) is 0.111. The lowest BCUT2D eigenvalue weighted by Crippen LogP contribution is -2.31. The van der Waals surface area contributed by atoms with Gasteiger partial charge in [0.15, 0.2) is 5.11 Å². The quantitative estimate of drug-likeness (QED) is 0.198. The summed E-state index contributed by atoms with van der Waals surface area (Å²) >= 11 is 15.3. The standard InChI is InChI=1S/C27H21BrClN3OS/c1-16-14-18(17(2)31(16)24-13-12-23(28)21-6-4-5-7-22(21)24)15-25-26(33)32(27(34)30(25)3)20-10-8-19(29)9-11-20/h4-15H,1-3H3/b25-15-. The number of hydrogen-bond donors (Lipinski definition) is 0. The minimum Gasteiger partial charge on any atom is -0.317 e. The Morgan fingerprint density at radius 3 is 2.35 bits per heavy atom. The Hall–Kier alpha value is -2.93. The summed E-state index contributed by atoms with van der Waals surface area (Å²) in [5.41, 5.74) is 5.43. The average Bonchev–Trinajstić information content (AvgIpc) is 3.22. The Labute approximate surface area is 217 Å². The molecule has 0 bridgehead atoms. The molecule has 1 aliphatic heterocycles. The van der Waals surface area contributed by atoms with Crippen molar-refractivity contribution in [2.75, 3.05) is 11.9 Å². The van der Waals surface area contributed by atoms with Gasteiger partial charge in [0.05, 0.1) is 11.4 Å². The number of anilines is 1. The first kappa shape index (κ1) is 22.8. The van der Waals surface area contributed by atoms with Gasteiger partial charge >= 0.3 is 0 Å². The van der Waals surface area contributed by atoms with E-state index in [0.717, 1.165) is 37.9 Å². The molecule has 1 amide bonds. The molecule has 0 spiro atoms. The lowest BCUT2D eigenvalue weighted by molar-refractivity contribution is -0.114. The van der Waals surface area contributed by atoms with Gasteiger partial charge in [0.2, 0.25) is 0 Å². The maximum Gasteiger partial charge on any atom is 0.281 e. The van der Waals surface area contributed by atoms with Gasteiger partial charge in [-0.1, -0.05) is 51.8 Å². The van der Waals surface area contributed by atoms with Gasteiger partial charge in [-0.15, -0.1) is 0 Å². The Balaban J connectivity index is 1.59. The molecular weight excluding hydrogens is 530 g/mol. The van der Waals surface area contributed by atoms with E-state index in [-0.39, 0.29) is 5.91 Å². The number of hydrogen-bond acceptors (Lipinski definition) is 2. The first-order chi connectivity index (χ1) is 16.3. The molecule has 0 atom stereocenters. The monoisotopic (exact) mass is 549 g/mol. The topological polar surface area (TPSA) is 28.5 Å². The Morgan fingerprint density at radius 1 is 0.971 bits per heavy atom. The van der Waals surface area contributed by atoms with Crippen LogP contribution in [-0.2, 0) is 4.79 Å². The summed E-state index contributed by atoms with van der Waals surface area (Å²) in [7, 11) is 1.82. The third-order valence-electron chi connectivity index (χ3n) is 6.20. The van der Waals surface area contributed by atoms with Crippen molar-refractivity contribution in [2.24, 2.45) is 0 Å². The molecule has 3 aromatic carbocycles. The van der Waals surface area contributed by atoms with Gasteiger partial charge in [0.1, 0.15) is 5.70 Å². The zero-order chi connectivity index (χ0) is 24.1. The second kappa shape index (κ2) is 8.69. The van der Waals surface area contributed by atoms with Gasteiger partial charge < -0.3 is 9.47 Å². The van der Waals surface area contributed by atoms with Crippen LogP contribution in [0.5, 0.6) is 0 Å². The van der Waals surface area contributed by atoms with Crippen LogP contribution in [0.2, 0.25) is 5.02 Å². The number of rotatable bonds is 3. The molecule has 0 N–H and O–H groups in total. The van der Waals surface area contributed by atoms with Crippen LogP contribution in [0, 0.1) is 13.8 Å². The van der Waals surface area contributed by atoms with E-state index >= 15 is 0 Å². The van der Waals surface area contributed by atoms with Crippen LogP contribution in [0.25, 0.3) is 22.5 Å². The molecule has 4 nitrogen and oxygen atoms in total. The highest BCUT2D eigenvalue weighted by Gasteiger charge is 2.37. The highest BCUT2D eigenvalue weighted by atomic mass is 79.9. The number of aromatic nitrogens is 1. The molecule has 5 rings (SSSR count). The van der Waals surface area contributed by atoms with Crippen molar-refractivity contribution in [1.29, 1.82) is 0 Å². The molecule has 2 heterocycles. The number of halogens is 2. The molecule has 0 saturated carbocycles. The zero-order valence-corrected chi connectivity index (χ0v) is 22.0. The Kier molecular flexibility index (Phi) is 5.84. The molecule has 170 valence electrons. The molecule has 0 radical (unpaired) electrons. The first-order valence-electron chi connectivity index (χ1n) is 10.7. The minimum atomic E-state index is -0.159. The molecule has 4 aromatic rings. The SMILES string of the molecule is Cc1cc(/C=C2/C(=O)N(c3ccc(Cl)cc3)C(=S)N2C)c(C)n1-c1ccc(Br)c2ccccc12. The van der Waals surface area contributed by atoms with Crippen molar-refractivity contribution in [3.8, 4) is 5.69 Å². The molecule has 1 saturated heterocycles. The van der Waals surface area contributed by atoms with Gasteiger partial charge in [-0.2, -0.15) is 0 Å². The van der Waals surface area contributed by atoms with Crippen LogP contribution in [0.1, 0.15) is 17.0 Å². The fourth-order valence-corrected chi connectivity index (χ4v) is 5.36. The van der Waals surface area contributed by atoms with Gasteiger partial charge in [0, 0.05) is 33.3 Å². The largest absolute Gasteiger partial charge is 0.317 e. The van der Waals surface area contributed by atoms with E-state index in [2.05, 4.69) is 64.7 Å². The van der Waals surface area contributed by atoms with Crippen molar-refractivity contribution >= 4 is 73.3 Å². The minimum absolute atomic E-state index is 0.159. The first-order valence-corrected chi connectivity index (χ1v) is 12.3. The number of thiocarbonyl (C=S) groups is 1. The molecule has 0 aliphatic carbocycles. The summed E-state index contributed by atoms with van der Waals surface area (Å²) in [5.74, 6) is -0.159. The van der Waals surface area contributed by atoms with Crippen molar-refractivity contribution in [3.63, 3.8) is 0 Å². The number of nitrogens with zero attached hydrogens (tertiary/aromatic N) is 3. The normalized spacial score (nSPS) is 15.3. The van der Waals surface area contributed by atoms with Gasteiger partial charge in [-0.3, -0.25) is 9.69 Å². The van der Waals surface area contributed by atoms with Crippen LogP contribution < -0.4 is 4.90 Å². The Bertz CT molecular complexity index is 1510. The summed E-state index contributed by atoms with van der Waals surface area (Å²) in [6.45, 7) is 4.15. The summed E-state index contributed by atoms with van der Waals surface area (Å²) in [6.07, 6.45) is 1.92. The lowest BCUT2D eigenvalue weighted by Gasteiger charge is -2.16. The Morgan fingerprint density at radius 2 is 1.65 bits per heavy atom. The molecule has 34 heavy (non-hydrogen) atoms. The summed E-state index contributed by atoms with van der Waals surface area (Å²) in [5, 5.41) is 3.36. The van der Waals surface area contributed by atoms with E-state index in [0.29, 0.717) is 21.5 Å².